The van der Waals surface area contributed by atoms with Crippen LogP contribution >= 0.6 is 0 Å². The first-order valence-corrected chi connectivity index (χ1v) is 10.3. The standard InChI is InChI=1S/C23H23FN6O2/c1-14(2)17-11-18(15-5-7-16(24)8-6-15)27-30-12-19(26-20(17)30)21(31)29-10-9-28(13-25)22(32)23(29,3)4/h5-8,11-12,14H,9-10H2,1-4H3. The Bertz CT molecular complexity index is 1260. The maximum atomic E-state index is 13.3. The molecule has 0 aliphatic carbocycles. The molecule has 0 saturated carbocycles. The molecule has 2 aromatic heterocycles. The highest BCUT2D eigenvalue weighted by Crippen LogP contribution is 2.28. The predicted octanol–water partition coefficient (Wildman–Crippen LogP) is 3.20. The maximum Gasteiger partial charge on any atom is 0.275 e. The molecule has 0 unspecified atom stereocenters. The molecular formula is C23H23FN6O2. The number of hydrogen-bond acceptors (Lipinski definition) is 5. The number of benzene rings is 1. The highest BCUT2D eigenvalue weighted by molar-refractivity contribution is 5.99. The van der Waals surface area contributed by atoms with Crippen molar-refractivity contribution in [3.05, 3.63) is 53.6 Å². The molecular weight excluding hydrogens is 411 g/mol. The molecule has 0 atom stereocenters. The van der Waals surface area contributed by atoms with E-state index < -0.39 is 17.4 Å². The lowest BCUT2D eigenvalue weighted by atomic mass is 9.97. The number of fused-ring (bicyclic) bond motifs is 1. The third kappa shape index (κ3) is 3.47. The second kappa shape index (κ2) is 7.71. The van der Waals surface area contributed by atoms with Crippen molar-refractivity contribution in [2.45, 2.75) is 39.2 Å². The number of aromatic nitrogens is 3. The normalized spacial score (nSPS) is 16.0. The summed E-state index contributed by atoms with van der Waals surface area (Å²) in [5.74, 6) is -1.06. The van der Waals surface area contributed by atoms with Gasteiger partial charge in [0.05, 0.1) is 18.4 Å². The fraction of sp³-hybridized carbons (Fsp3) is 0.348. The van der Waals surface area contributed by atoms with E-state index in [-0.39, 0.29) is 30.5 Å². The van der Waals surface area contributed by atoms with E-state index in [4.69, 9.17) is 5.26 Å². The summed E-state index contributed by atoms with van der Waals surface area (Å²) in [6, 6.07) is 7.95. The van der Waals surface area contributed by atoms with Gasteiger partial charge >= 0.3 is 0 Å². The second-order valence-electron chi connectivity index (χ2n) is 8.61. The number of carbonyl (C=O) groups excluding carboxylic acids is 2. The van der Waals surface area contributed by atoms with Crippen molar-refractivity contribution in [1.82, 2.24) is 24.4 Å². The molecule has 4 rings (SSSR count). The molecule has 1 aliphatic rings. The molecule has 1 fully saturated rings. The number of imidazole rings is 1. The third-order valence-corrected chi connectivity index (χ3v) is 5.79. The summed E-state index contributed by atoms with van der Waals surface area (Å²) in [6.07, 6.45) is 3.42. The number of rotatable bonds is 3. The van der Waals surface area contributed by atoms with Crippen LogP contribution in [0.25, 0.3) is 16.9 Å². The number of nitrogens with zero attached hydrogens (tertiary/aromatic N) is 6. The molecule has 2 amide bonds. The fourth-order valence-corrected chi connectivity index (χ4v) is 3.91. The van der Waals surface area contributed by atoms with Crippen LogP contribution in [0.2, 0.25) is 0 Å². The summed E-state index contributed by atoms with van der Waals surface area (Å²) in [6.45, 7) is 7.64. The van der Waals surface area contributed by atoms with E-state index in [1.807, 2.05) is 26.1 Å². The molecule has 9 heteroatoms. The van der Waals surface area contributed by atoms with E-state index in [0.29, 0.717) is 11.3 Å². The molecule has 1 aliphatic heterocycles. The summed E-state index contributed by atoms with van der Waals surface area (Å²) in [7, 11) is 0. The van der Waals surface area contributed by atoms with Gasteiger partial charge in [-0.2, -0.15) is 10.4 Å². The zero-order valence-electron chi connectivity index (χ0n) is 18.3. The first kappa shape index (κ1) is 21.4. The molecule has 0 radical (unpaired) electrons. The van der Waals surface area contributed by atoms with Gasteiger partial charge in [-0.05, 0) is 50.1 Å². The highest BCUT2D eigenvalue weighted by atomic mass is 19.1. The quantitative estimate of drug-likeness (QED) is 0.590. The summed E-state index contributed by atoms with van der Waals surface area (Å²) in [4.78, 5) is 33.0. The average Bonchev–Trinajstić information content (AvgIpc) is 3.19. The molecule has 32 heavy (non-hydrogen) atoms. The number of halogens is 1. The third-order valence-electron chi connectivity index (χ3n) is 5.79. The van der Waals surface area contributed by atoms with Crippen LogP contribution in [-0.4, -0.2) is 54.8 Å². The van der Waals surface area contributed by atoms with Crippen molar-refractivity contribution in [3.63, 3.8) is 0 Å². The molecule has 3 heterocycles. The Morgan fingerprint density at radius 2 is 1.91 bits per heavy atom. The van der Waals surface area contributed by atoms with Gasteiger partial charge < -0.3 is 4.90 Å². The van der Waals surface area contributed by atoms with Crippen LogP contribution in [-0.2, 0) is 4.79 Å². The topological polar surface area (TPSA) is 94.6 Å². The Balaban J connectivity index is 1.77. The molecule has 0 spiro atoms. The van der Waals surface area contributed by atoms with Crippen molar-refractivity contribution in [2.24, 2.45) is 0 Å². The van der Waals surface area contributed by atoms with Crippen LogP contribution in [0.4, 0.5) is 4.39 Å². The number of amides is 2. The molecule has 3 aromatic rings. The summed E-state index contributed by atoms with van der Waals surface area (Å²) >= 11 is 0. The Labute approximate surface area is 184 Å². The Kier molecular flexibility index (Phi) is 5.17. The SMILES string of the molecule is CC(C)c1cc(-c2ccc(F)cc2)nn2cc(C(=O)N3CCN(C#N)C(=O)C3(C)C)nc12. The Morgan fingerprint density at radius 1 is 1.22 bits per heavy atom. The van der Waals surface area contributed by atoms with E-state index in [2.05, 4.69) is 10.1 Å². The minimum atomic E-state index is -1.17. The number of piperazine rings is 1. The predicted molar refractivity (Wildman–Crippen MR) is 115 cm³/mol. The van der Waals surface area contributed by atoms with Gasteiger partial charge in [0.2, 0.25) is 0 Å². The largest absolute Gasteiger partial charge is 0.321 e. The molecule has 1 aromatic carbocycles. The van der Waals surface area contributed by atoms with E-state index in [1.165, 1.54) is 17.0 Å². The Hall–Kier alpha value is -3.80. The lowest BCUT2D eigenvalue weighted by molar-refractivity contribution is -0.142. The molecule has 0 bridgehead atoms. The van der Waals surface area contributed by atoms with E-state index in [1.54, 1.807) is 36.7 Å². The van der Waals surface area contributed by atoms with Crippen LogP contribution in [0, 0.1) is 17.3 Å². The van der Waals surface area contributed by atoms with Gasteiger partial charge in [-0.15, -0.1) is 0 Å². The second-order valence-corrected chi connectivity index (χ2v) is 8.61. The highest BCUT2D eigenvalue weighted by Gasteiger charge is 2.45. The minimum absolute atomic E-state index is 0.0993. The minimum Gasteiger partial charge on any atom is -0.321 e. The summed E-state index contributed by atoms with van der Waals surface area (Å²) in [5.41, 5.74) is 1.82. The van der Waals surface area contributed by atoms with Crippen molar-refractivity contribution in [3.8, 4) is 17.5 Å². The van der Waals surface area contributed by atoms with Crippen LogP contribution in [0.3, 0.4) is 0 Å². The zero-order chi connectivity index (χ0) is 23.2. The van der Waals surface area contributed by atoms with Gasteiger partial charge in [-0.25, -0.2) is 18.8 Å². The number of hydrogen-bond donors (Lipinski definition) is 0. The van der Waals surface area contributed by atoms with Gasteiger partial charge in [0.25, 0.3) is 11.8 Å². The number of nitriles is 1. The average molecular weight is 434 g/mol. The molecule has 164 valence electrons. The lowest BCUT2D eigenvalue weighted by Crippen LogP contribution is -2.63. The lowest BCUT2D eigenvalue weighted by Gasteiger charge is -2.42. The van der Waals surface area contributed by atoms with Gasteiger partial charge in [0.15, 0.2) is 11.8 Å². The van der Waals surface area contributed by atoms with Crippen LogP contribution in [0.1, 0.15) is 49.7 Å². The van der Waals surface area contributed by atoms with Crippen LogP contribution < -0.4 is 0 Å². The summed E-state index contributed by atoms with van der Waals surface area (Å²) in [5, 5.41) is 13.7. The van der Waals surface area contributed by atoms with Crippen LogP contribution in [0.5, 0.6) is 0 Å². The first-order valence-electron chi connectivity index (χ1n) is 10.3. The molecule has 0 N–H and O–H groups in total. The molecule has 1 saturated heterocycles. The van der Waals surface area contributed by atoms with Gasteiger partial charge in [0.1, 0.15) is 17.1 Å². The van der Waals surface area contributed by atoms with Gasteiger partial charge in [0, 0.05) is 17.7 Å². The van der Waals surface area contributed by atoms with Crippen molar-refractivity contribution in [1.29, 1.82) is 5.26 Å². The summed E-state index contributed by atoms with van der Waals surface area (Å²) < 4.78 is 14.9. The fourth-order valence-electron chi connectivity index (χ4n) is 3.91. The Morgan fingerprint density at radius 3 is 2.53 bits per heavy atom. The number of carbonyl (C=O) groups is 2. The molecule has 8 nitrogen and oxygen atoms in total. The van der Waals surface area contributed by atoms with Crippen molar-refractivity contribution < 1.29 is 14.0 Å². The van der Waals surface area contributed by atoms with Gasteiger partial charge in [-0.3, -0.25) is 9.59 Å². The zero-order valence-corrected chi connectivity index (χ0v) is 18.3. The van der Waals surface area contributed by atoms with Crippen molar-refractivity contribution >= 4 is 17.5 Å². The first-order chi connectivity index (χ1) is 15.1. The monoisotopic (exact) mass is 434 g/mol. The maximum absolute atomic E-state index is 13.3. The van der Waals surface area contributed by atoms with E-state index in [9.17, 15) is 14.0 Å². The van der Waals surface area contributed by atoms with E-state index in [0.717, 1.165) is 16.0 Å². The van der Waals surface area contributed by atoms with Crippen molar-refractivity contribution in [2.75, 3.05) is 13.1 Å². The van der Waals surface area contributed by atoms with E-state index >= 15 is 0 Å². The smallest absolute Gasteiger partial charge is 0.275 e. The van der Waals surface area contributed by atoms with Crippen LogP contribution in [0.15, 0.2) is 36.5 Å². The van der Waals surface area contributed by atoms with Gasteiger partial charge in [-0.1, -0.05) is 13.8 Å².